The predicted octanol–water partition coefficient (Wildman–Crippen LogP) is 0.962. The first kappa shape index (κ1) is 12.9. The second-order valence-corrected chi connectivity index (χ2v) is 6.81. The van der Waals surface area contributed by atoms with Gasteiger partial charge in [-0.25, -0.2) is 8.42 Å². The number of rotatable bonds is 5. The van der Waals surface area contributed by atoms with Crippen LogP contribution in [0.4, 0.5) is 0 Å². The van der Waals surface area contributed by atoms with E-state index < -0.39 is 10.0 Å². The Hall–Kier alpha value is -0.130. The van der Waals surface area contributed by atoms with Crippen molar-refractivity contribution in [3.63, 3.8) is 0 Å². The van der Waals surface area contributed by atoms with E-state index in [1.807, 2.05) is 0 Å². The van der Waals surface area contributed by atoms with E-state index in [1.165, 1.54) is 0 Å². The molecule has 0 aromatic rings. The minimum atomic E-state index is -3.10. The van der Waals surface area contributed by atoms with Crippen molar-refractivity contribution < 1.29 is 13.5 Å². The molecule has 1 aliphatic rings. The van der Waals surface area contributed by atoms with Crippen LogP contribution in [0.2, 0.25) is 0 Å². The highest BCUT2D eigenvalue weighted by molar-refractivity contribution is 7.89. The summed E-state index contributed by atoms with van der Waals surface area (Å²) in [4.78, 5) is 0. The molecule has 1 unspecified atom stereocenters. The standard InChI is InChI=1S/C10H21NO3S/c1-9(2)15(13,14)11-7-3-5-10(11)6-4-8-12/h9-10,12H,3-8H2,1-2H3. The molecule has 0 saturated carbocycles. The Kier molecular flexibility index (Phi) is 4.55. The number of hydrogen-bond donors (Lipinski definition) is 1. The lowest BCUT2D eigenvalue weighted by Gasteiger charge is -2.25. The van der Waals surface area contributed by atoms with Crippen molar-refractivity contribution in [2.75, 3.05) is 13.2 Å². The number of sulfonamides is 1. The molecule has 0 amide bonds. The van der Waals surface area contributed by atoms with Crippen LogP contribution in [0.5, 0.6) is 0 Å². The third kappa shape index (κ3) is 2.92. The smallest absolute Gasteiger partial charge is 0.216 e. The van der Waals surface area contributed by atoms with Crippen molar-refractivity contribution in [1.29, 1.82) is 0 Å². The number of nitrogens with zero attached hydrogens (tertiary/aromatic N) is 1. The van der Waals surface area contributed by atoms with Crippen LogP contribution in [0.25, 0.3) is 0 Å². The van der Waals surface area contributed by atoms with Gasteiger partial charge >= 0.3 is 0 Å². The maximum atomic E-state index is 12.0. The van der Waals surface area contributed by atoms with Gasteiger partial charge in [0.05, 0.1) is 5.25 Å². The molecule has 0 aliphatic carbocycles. The Balaban J connectivity index is 2.68. The second-order valence-electron chi connectivity index (χ2n) is 4.37. The molecule has 1 N–H and O–H groups in total. The Bertz CT molecular complexity index is 287. The summed E-state index contributed by atoms with van der Waals surface area (Å²) in [5.41, 5.74) is 0. The minimum Gasteiger partial charge on any atom is -0.396 e. The van der Waals surface area contributed by atoms with Crippen LogP contribution in [-0.4, -0.2) is 42.3 Å². The zero-order valence-corrected chi connectivity index (χ0v) is 10.3. The van der Waals surface area contributed by atoms with Gasteiger partial charge in [-0.1, -0.05) is 0 Å². The molecule has 1 heterocycles. The van der Waals surface area contributed by atoms with Gasteiger partial charge in [0.15, 0.2) is 0 Å². The quantitative estimate of drug-likeness (QED) is 0.772. The molecular weight excluding hydrogens is 214 g/mol. The summed E-state index contributed by atoms with van der Waals surface area (Å²) in [5.74, 6) is 0. The fraction of sp³-hybridized carbons (Fsp3) is 1.00. The van der Waals surface area contributed by atoms with Gasteiger partial charge in [0.2, 0.25) is 10.0 Å². The van der Waals surface area contributed by atoms with E-state index in [2.05, 4.69) is 0 Å². The molecule has 1 saturated heterocycles. The molecule has 0 aromatic carbocycles. The Morgan fingerprint density at radius 2 is 2.13 bits per heavy atom. The van der Waals surface area contributed by atoms with Gasteiger partial charge in [-0.3, -0.25) is 0 Å². The molecular formula is C10H21NO3S. The SMILES string of the molecule is CC(C)S(=O)(=O)N1CCCC1CCCO. The molecule has 4 nitrogen and oxygen atoms in total. The molecule has 0 bridgehead atoms. The lowest BCUT2D eigenvalue weighted by molar-refractivity contribution is 0.263. The summed E-state index contributed by atoms with van der Waals surface area (Å²) in [6, 6.07) is 0.115. The highest BCUT2D eigenvalue weighted by Gasteiger charge is 2.35. The fourth-order valence-electron chi connectivity index (χ4n) is 2.03. The second kappa shape index (κ2) is 5.27. The van der Waals surface area contributed by atoms with Gasteiger partial charge in [0.25, 0.3) is 0 Å². The van der Waals surface area contributed by atoms with Crippen molar-refractivity contribution in [3.8, 4) is 0 Å². The third-order valence-corrected chi connectivity index (χ3v) is 5.27. The summed E-state index contributed by atoms with van der Waals surface area (Å²) in [5, 5.41) is 8.42. The molecule has 5 heteroatoms. The van der Waals surface area contributed by atoms with Crippen LogP contribution in [-0.2, 0) is 10.0 Å². The molecule has 90 valence electrons. The van der Waals surface area contributed by atoms with Crippen LogP contribution < -0.4 is 0 Å². The molecule has 0 radical (unpaired) electrons. The van der Waals surface area contributed by atoms with Gasteiger partial charge in [-0.2, -0.15) is 4.31 Å². The Morgan fingerprint density at radius 3 is 2.67 bits per heavy atom. The Labute approximate surface area is 92.3 Å². The number of aliphatic hydroxyl groups is 1. The minimum absolute atomic E-state index is 0.115. The number of hydrogen-bond acceptors (Lipinski definition) is 3. The van der Waals surface area contributed by atoms with E-state index >= 15 is 0 Å². The van der Waals surface area contributed by atoms with Crippen molar-refractivity contribution in [2.24, 2.45) is 0 Å². The maximum absolute atomic E-state index is 12.0. The summed E-state index contributed by atoms with van der Waals surface area (Å²) in [6.07, 6.45) is 3.35. The van der Waals surface area contributed by atoms with E-state index in [0.29, 0.717) is 13.0 Å². The summed E-state index contributed by atoms with van der Waals surface area (Å²) in [6.45, 7) is 4.23. The monoisotopic (exact) mass is 235 g/mol. The summed E-state index contributed by atoms with van der Waals surface area (Å²) in [7, 11) is -3.10. The van der Waals surface area contributed by atoms with E-state index in [9.17, 15) is 8.42 Å². The number of aliphatic hydroxyl groups excluding tert-OH is 1. The van der Waals surface area contributed by atoms with Gasteiger partial charge < -0.3 is 5.11 Å². The van der Waals surface area contributed by atoms with E-state index in [1.54, 1.807) is 18.2 Å². The highest BCUT2D eigenvalue weighted by atomic mass is 32.2. The van der Waals surface area contributed by atoms with Crippen molar-refractivity contribution in [2.45, 2.75) is 50.8 Å². The lowest BCUT2D eigenvalue weighted by atomic mass is 10.1. The average molecular weight is 235 g/mol. The van der Waals surface area contributed by atoms with E-state index in [-0.39, 0.29) is 17.9 Å². The predicted molar refractivity (Wildman–Crippen MR) is 60.1 cm³/mol. The molecule has 1 fully saturated rings. The fourth-order valence-corrected chi connectivity index (χ4v) is 3.58. The maximum Gasteiger partial charge on any atom is 0.216 e. The van der Waals surface area contributed by atoms with E-state index in [0.717, 1.165) is 19.3 Å². The van der Waals surface area contributed by atoms with E-state index in [4.69, 9.17) is 5.11 Å². The topological polar surface area (TPSA) is 57.6 Å². The molecule has 1 rings (SSSR count). The van der Waals surface area contributed by atoms with Crippen LogP contribution in [0.1, 0.15) is 39.5 Å². The molecule has 1 aliphatic heterocycles. The lowest BCUT2D eigenvalue weighted by Crippen LogP contribution is -2.39. The first-order valence-corrected chi connectivity index (χ1v) is 7.12. The van der Waals surface area contributed by atoms with Crippen molar-refractivity contribution in [1.82, 2.24) is 4.31 Å². The molecule has 0 spiro atoms. The first-order valence-electron chi connectivity index (χ1n) is 5.61. The van der Waals surface area contributed by atoms with Crippen LogP contribution >= 0.6 is 0 Å². The van der Waals surface area contributed by atoms with Gasteiger partial charge in [-0.05, 0) is 39.5 Å². The van der Waals surface area contributed by atoms with Crippen LogP contribution in [0, 0.1) is 0 Å². The largest absolute Gasteiger partial charge is 0.396 e. The highest BCUT2D eigenvalue weighted by Crippen LogP contribution is 2.26. The third-order valence-electron chi connectivity index (χ3n) is 2.94. The zero-order chi connectivity index (χ0) is 11.5. The normalized spacial score (nSPS) is 23.9. The first-order chi connectivity index (χ1) is 7.00. The van der Waals surface area contributed by atoms with Crippen LogP contribution in [0.15, 0.2) is 0 Å². The summed E-state index contributed by atoms with van der Waals surface area (Å²) < 4.78 is 25.6. The molecule has 15 heavy (non-hydrogen) atoms. The van der Waals surface area contributed by atoms with Crippen molar-refractivity contribution >= 4 is 10.0 Å². The van der Waals surface area contributed by atoms with Gasteiger partial charge in [0, 0.05) is 19.2 Å². The van der Waals surface area contributed by atoms with Gasteiger partial charge in [0.1, 0.15) is 0 Å². The molecule has 1 atom stereocenters. The van der Waals surface area contributed by atoms with Crippen LogP contribution in [0.3, 0.4) is 0 Å². The zero-order valence-electron chi connectivity index (χ0n) is 9.52. The summed E-state index contributed by atoms with van der Waals surface area (Å²) >= 11 is 0. The van der Waals surface area contributed by atoms with Crippen molar-refractivity contribution in [3.05, 3.63) is 0 Å². The molecule has 0 aromatic heterocycles. The van der Waals surface area contributed by atoms with Gasteiger partial charge in [-0.15, -0.1) is 0 Å². The average Bonchev–Trinajstić information content (AvgIpc) is 2.62. The Morgan fingerprint density at radius 1 is 1.47 bits per heavy atom.